The van der Waals surface area contributed by atoms with Gasteiger partial charge in [0, 0.05) is 0 Å². The zero-order chi connectivity index (χ0) is 12.3. The Morgan fingerprint density at radius 1 is 1.38 bits per heavy atom. The van der Waals surface area contributed by atoms with Crippen molar-refractivity contribution in [3.8, 4) is 5.75 Å². The van der Waals surface area contributed by atoms with Gasteiger partial charge >= 0.3 is 0 Å². The number of aliphatic hydroxyl groups excluding tert-OH is 1. The minimum Gasteiger partial charge on any atom is -0.493 e. The first-order valence-corrected chi connectivity index (χ1v) is 5.43. The van der Waals surface area contributed by atoms with Gasteiger partial charge in [-0.15, -0.1) is 23.2 Å². The van der Waals surface area contributed by atoms with Crippen LogP contribution in [0.25, 0.3) is 0 Å². The smallest absolute Gasteiger partial charge is 0.168 e. The topological polar surface area (TPSA) is 29.5 Å². The van der Waals surface area contributed by atoms with E-state index >= 15 is 0 Å². The molecule has 0 aliphatic rings. The molecule has 1 N–H and O–H groups in total. The number of benzene rings is 1. The first-order valence-electron chi connectivity index (χ1n) is 4.56. The highest BCUT2D eigenvalue weighted by atomic mass is 35.5. The Morgan fingerprint density at radius 3 is 2.50 bits per heavy atom. The zero-order valence-electron chi connectivity index (χ0n) is 8.38. The minimum atomic E-state index is -1.54. The molecule has 0 bridgehead atoms. The van der Waals surface area contributed by atoms with Crippen LogP contribution in [0, 0.1) is 11.6 Å². The maximum atomic E-state index is 13.5. The standard InChI is InChI=1S/C10H10Cl2F2O2/c1-2-16-6-4-3-5(13)8(14)7(6)9(15)10(11)12/h3-4,9-10,15H,2H2,1H3. The monoisotopic (exact) mass is 270 g/mol. The van der Waals surface area contributed by atoms with Crippen LogP contribution < -0.4 is 4.74 Å². The molecule has 0 heterocycles. The molecule has 0 aliphatic heterocycles. The largest absolute Gasteiger partial charge is 0.493 e. The predicted molar refractivity (Wildman–Crippen MR) is 58.0 cm³/mol. The van der Waals surface area contributed by atoms with Crippen LogP contribution in [-0.2, 0) is 0 Å². The van der Waals surface area contributed by atoms with Crippen molar-refractivity contribution in [3.05, 3.63) is 29.3 Å². The second-order valence-corrected chi connectivity index (χ2v) is 4.15. The Bertz CT molecular complexity index is 372. The molecule has 0 spiro atoms. The van der Waals surface area contributed by atoms with Gasteiger partial charge in [0.15, 0.2) is 11.6 Å². The van der Waals surface area contributed by atoms with Gasteiger partial charge in [0.25, 0.3) is 0 Å². The van der Waals surface area contributed by atoms with Gasteiger partial charge in [-0.05, 0) is 19.1 Å². The first-order chi connectivity index (χ1) is 7.49. The fraction of sp³-hybridized carbons (Fsp3) is 0.400. The Balaban J connectivity index is 3.25. The molecule has 1 rings (SSSR count). The number of ether oxygens (including phenoxy) is 1. The van der Waals surface area contributed by atoms with Crippen LogP contribution in [0.1, 0.15) is 18.6 Å². The zero-order valence-corrected chi connectivity index (χ0v) is 9.90. The van der Waals surface area contributed by atoms with Crippen LogP contribution in [0.5, 0.6) is 5.75 Å². The van der Waals surface area contributed by atoms with Crippen molar-refractivity contribution < 1.29 is 18.6 Å². The molecule has 16 heavy (non-hydrogen) atoms. The summed E-state index contributed by atoms with van der Waals surface area (Å²) in [6, 6.07) is 2.13. The first kappa shape index (κ1) is 13.5. The van der Waals surface area contributed by atoms with E-state index in [9.17, 15) is 13.9 Å². The summed E-state index contributed by atoms with van der Waals surface area (Å²) in [6.45, 7) is 1.93. The van der Waals surface area contributed by atoms with Gasteiger partial charge in [0.1, 0.15) is 16.7 Å². The maximum absolute atomic E-state index is 13.5. The van der Waals surface area contributed by atoms with E-state index in [1.165, 1.54) is 6.07 Å². The molecule has 1 atom stereocenters. The molecule has 1 aromatic carbocycles. The van der Waals surface area contributed by atoms with Crippen LogP contribution in [-0.4, -0.2) is 16.5 Å². The van der Waals surface area contributed by atoms with Gasteiger partial charge in [-0.2, -0.15) is 0 Å². The van der Waals surface area contributed by atoms with E-state index < -0.39 is 22.6 Å². The summed E-state index contributed by atoms with van der Waals surface area (Å²) in [5.41, 5.74) is -0.364. The molecule has 0 radical (unpaired) electrons. The van der Waals surface area contributed by atoms with E-state index in [1.807, 2.05) is 0 Å². The van der Waals surface area contributed by atoms with E-state index in [0.717, 1.165) is 6.07 Å². The molecule has 0 aliphatic carbocycles. The normalized spacial score (nSPS) is 12.9. The van der Waals surface area contributed by atoms with Crippen molar-refractivity contribution in [1.82, 2.24) is 0 Å². The summed E-state index contributed by atoms with van der Waals surface area (Å²) in [5.74, 6) is -2.27. The van der Waals surface area contributed by atoms with Crippen molar-refractivity contribution in [2.24, 2.45) is 0 Å². The van der Waals surface area contributed by atoms with Crippen LogP contribution in [0.4, 0.5) is 8.78 Å². The third kappa shape index (κ3) is 2.75. The lowest BCUT2D eigenvalue weighted by Gasteiger charge is -2.17. The quantitative estimate of drug-likeness (QED) is 0.852. The fourth-order valence-corrected chi connectivity index (χ4v) is 1.48. The van der Waals surface area contributed by atoms with Crippen molar-refractivity contribution >= 4 is 23.2 Å². The van der Waals surface area contributed by atoms with Crippen molar-refractivity contribution in [2.75, 3.05) is 6.61 Å². The Labute approximate surface area is 102 Å². The summed E-state index contributed by atoms with van der Waals surface area (Å²) in [5, 5.41) is 9.56. The second kappa shape index (κ2) is 5.66. The molecule has 6 heteroatoms. The molecule has 0 saturated heterocycles. The lowest BCUT2D eigenvalue weighted by Crippen LogP contribution is -2.12. The maximum Gasteiger partial charge on any atom is 0.168 e. The number of alkyl halides is 2. The Kier molecular flexibility index (Phi) is 4.77. The fourth-order valence-electron chi connectivity index (χ4n) is 1.23. The third-order valence-corrected chi connectivity index (χ3v) is 2.40. The molecular weight excluding hydrogens is 261 g/mol. The van der Waals surface area contributed by atoms with Gasteiger partial charge in [-0.1, -0.05) is 0 Å². The van der Waals surface area contributed by atoms with Gasteiger partial charge < -0.3 is 9.84 Å². The van der Waals surface area contributed by atoms with Crippen LogP contribution in [0.15, 0.2) is 12.1 Å². The van der Waals surface area contributed by atoms with E-state index in [-0.39, 0.29) is 17.9 Å². The number of hydrogen-bond donors (Lipinski definition) is 1. The molecule has 0 fully saturated rings. The Hall–Kier alpha value is -0.580. The molecule has 0 aromatic heterocycles. The van der Waals surface area contributed by atoms with Crippen molar-refractivity contribution in [2.45, 2.75) is 17.9 Å². The summed E-state index contributed by atoms with van der Waals surface area (Å²) in [7, 11) is 0. The van der Waals surface area contributed by atoms with E-state index in [0.29, 0.717) is 0 Å². The Morgan fingerprint density at radius 2 is 2.00 bits per heavy atom. The molecular formula is C10H10Cl2F2O2. The molecule has 1 aromatic rings. The van der Waals surface area contributed by atoms with E-state index in [4.69, 9.17) is 27.9 Å². The highest BCUT2D eigenvalue weighted by Crippen LogP contribution is 2.34. The lowest BCUT2D eigenvalue weighted by atomic mass is 10.1. The average molecular weight is 271 g/mol. The number of aliphatic hydroxyl groups is 1. The van der Waals surface area contributed by atoms with Crippen molar-refractivity contribution in [1.29, 1.82) is 0 Å². The average Bonchev–Trinajstić information content (AvgIpc) is 2.23. The molecule has 0 saturated carbocycles. The highest BCUT2D eigenvalue weighted by molar-refractivity contribution is 6.44. The van der Waals surface area contributed by atoms with Crippen LogP contribution in [0.3, 0.4) is 0 Å². The molecule has 0 amide bonds. The van der Waals surface area contributed by atoms with Gasteiger partial charge in [-0.3, -0.25) is 0 Å². The van der Waals surface area contributed by atoms with Gasteiger partial charge in [0.2, 0.25) is 0 Å². The van der Waals surface area contributed by atoms with Crippen molar-refractivity contribution in [3.63, 3.8) is 0 Å². The third-order valence-electron chi connectivity index (χ3n) is 1.93. The van der Waals surface area contributed by atoms with Crippen LogP contribution >= 0.6 is 23.2 Å². The summed E-state index contributed by atoms with van der Waals surface area (Å²) >= 11 is 10.9. The number of hydrogen-bond acceptors (Lipinski definition) is 2. The molecule has 1 unspecified atom stereocenters. The summed E-state index contributed by atoms with van der Waals surface area (Å²) in [6.07, 6.45) is -1.54. The summed E-state index contributed by atoms with van der Waals surface area (Å²) < 4.78 is 31.5. The SMILES string of the molecule is CCOc1ccc(F)c(F)c1C(O)C(Cl)Cl. The second-order valence-electron chi connectivity index (χ2n) is 2.99. The molecule has 90 valence electrons. The van der Waals surface area contributed by atoms with E-state index in [2.05, 4.69) is 0 Å². The number of rotatable bonds is 4. The predicted octanol–water partition coefficient (Wildman–Crippen LogP) is 3.20. The summed E-state index contributed by atoms with van der Waals surface area (Å²) in [4.78, 5) is -1.27. The van der Waals surface area contributed by atoms with Gasteiger partial charge in [0.05, 0.1) is 12.2 Å². The minimum absolute atomic E-state index is 0.0280. The lowest BCUT2D eigenvalue weighted by molar-refractivity contribution is 0.179. The van der Waals surface area contributed by atoms with Crippen LogP contribution in [0.2, 0.25) is 0 Å². The van der Waals surface area contributed by atoms with Gasteiger partial charge in [-0.25, -0.2) is 8.78 Å². The highest BCUT2D eigenvalue weighted by Gasteiger charge is 2.26. The molecule has 2 nitrogen and oxygen atoms in total. The van der Waals surface area contributed by atoms with E-state index in [1.54, 1.807) is 6.92 Å². The number of halogens is 4.